The van der Waals surface area contributed by atoms with Crippen molar-refractivity contribution in [2.75, 3.05) is 18.9 Å². The van der Waals surface area contributed by atoms with E-state index in [1.807, 2.05) is 36.4 Å². The lowest BCUT2D eigenvalue weighted by atomic mass is 10.3. The molecular weight excluding hydrogens is 374 g/mol. The highest BCUT2D eigenvalue weighted by atomic mass is 35.5. The quantitative estimate of drug-likeness (QED) is 0.471. The molecule has 0 radical (unpaired) electrons. The van der Waals surface area contributed by atoms with Gasteiger partial charge in [-0.25, -0.2) is 4.68 Å². The number of aromatic nitrogens is 4. The number of hydrogen-bond donors (Lipinski definition) is 1. The molecule has 1 N–H and O–H groups in total. The number of carbonyl (C=O) groups is 1. The van der Waals surface area contributed by atoms with Gasteiger partial charge >= 0.3 is 0 Å². The summed E-state index contributed by atoms with van der Waals surface area (Å²) in [5.41, 5.74) is 0.757. The number of amides is 1. The topological polar surface area (TPSA) is 81.9 Å². The molecule has 26 heavy (non-hydrogen) atoms. The molecule has 1 heterocycles. The Morgan fingerprint density at radius 1 is 1.23 bits per heavy atom. The number of halogens is 1. The number of benzene rings is 2. The van der Waals surface area contributed by atoms with Crippen molar-refractivity contribution in [2.24, 2.45) is 0 Å². The second kappa shape index (κ2) is 9.21. The Labute approximate surface area is 159 Å². The van der Waals surface area contributed by atoms with Gasteiger partial charge in [0.1, 0.15) is 12.1 Å². The second-order valence-electron chi connectivity index (χ2n) is 5.19. The molecule has 1 amide bonds. The first-order valence-corrected chi connectivity index (χ1v) is 9.18. The fraction of sp³-hybridized carbons (Fsp3) is 0.176. The Hall–Kier alpha value is -2.58. The Morgan fingerprint density at radius 2 is 2.08 bits per heavy atom. The van der Waals surface area contributed by atoms with Gasteiger partial charge in [0.15, 0.2) is 6.61 Å². The van der Waals surface area contributed by atoms with Crippen LogP contribution in [0, 0.1) is 0 Å². The van der Waals surface area contributed by atoms with Crippen molar-refractivity contribution >= 4 is 29.3 Å². The summed E-state index contributed by atoms with van der Waals surface area (Å²) in [6, 6.07) is 14.8. The Morgan fingerprint density at radius 3 is 2.85 bits per heavy atom. The van der Waals surface area contributed by atoms with Crippen molar-refractivity contribution < 1.29 is 9.53 Å². The van der Waals surface area contributed by atoms with E-state index in [4.69, 9.17) is 16.3 Å². The van der Waals surface area contributed by atoms with Crippen molar-refractivity contribution in [3.63, 3.8) is 0 Å². The first kappa shape index (κ1) is 18.2. The molecule has 0 spiro atoms. The third kappa shape index (κ3) is 5.47. The van der Waals surface area contributed by atoms with E-state index >= 15 is 0 Å². The third-order valence-corrected chi connectivity index (χ3v) is 4.57. The maximum Gasteiger partial charge on any atom is 0.257 e. The second-order valence-corrected chi connectivity index (χ2v) is 6.80. The maximum atomic E-state index is 11.9. The number of thioether (sulfide) groups is 1. The number of ether oxygens (including phenoxy) is 1. The summed E-state index contributed by atoms with van der Waals surface area (Å²) >= 11 is 7.50. The standard InChI is InChI=1S/C17H16ClN5O2S/c18-13-4-6-16(7-5-13)26-9-8-19-17(24)11-25-15-3-1-2-14(10-15)23-12-20-21-22-23/h1-7,10,12H,8-9,11H2,(H,19,24). The van der Waals surface area contributed by atoms with Crippen LogP contribution in [-0.4, -0.2) is 45.0 Å². The van der Waals surface area contributed by atoms with Crippen LogP contribution < -0.4 is 10.1 Å². The van der Waals surface area contributed by atoms with Gasteiger partial charge in [-0.2, -0.15) is 0 Å². The summed E-state index contributed by atoms with van der Waals surface area (Å²) in [5.74, 6) is 1.17. The summed E-state index contributed by atoms with van der Waals surface area (Å²) in [6.07, 6.45) is 1.49. The number of hydrogen-bond acceptors (Lipinski definition) is 6. The van der Waals surface area contributed by atoms with Gasteiger partial charge in [-0.3, -0.25) is 4.79 Å². The van der Waals surface area contributed by atoms with Crippen LogP contribution in [0.15, 0.2) is 59.8 Å². The predicted molar refractivity (Wildman–Crippen MR) is 99.8 cm³/mol. The fourth-order valence-corrected chi connectivity index (χ4v) is 2.98. The minimum absolute atomic E-state index is 0.0509. The van der Waals surface area contributed by atoms with Crippen LogP contribution in [0.4, 0.5) is 0 Å². The molecule has 3 rings (SSSR count). The number of nitrogens with zero attached hydrogens (tertiary/aromatic N) is 4. The van der Waals surface area contributed by atoms with Crippen LogP contribution in [0.25, 0.3) is 5.69 Å². The van der Waals surface area contributed by atoms with Crippen LogP contribution in [0.1, 0.15) is 0 Å². The molecule has 0 bridgehead atoms. The predicted octanol–water partition coefficient (Wildman–Crippen LogP) is 2.60. The summed E-state index contributed by atoms with van der Waals surface area (Å²) in [6.45, 7) is 0.505. The molecule has 3 aromatic rings. The van der Waals surface area contributed by atoms with Gasteiger partial charge in [0.05, 0.1) is 5.69 Å². The number of tetrazole rings is 1. The van der Waals surface area contributed by atoms with Crippen LogP contribution >= 0.6 is 23.4 Å². The first-order chi connectivity index (χ1) is 12.7. The van der Waals surface area contributed by atoms with Gasteiger partial charge in [-0.15, -0.1) is 16.9 Å². The number of nitrogens with one attached hydrogen (secondary N) is 1. The molecular formula is C17H16ClN5O2S. The number of carbonyl (C=O) groups excluding carboxylic acids is 1. The van der Waals surface area contributed by atoms with Gasteiger partial charge < -0.3 is 10.1 Å². The van der Waals surface area contributed by atoms with E-state index in [0.717, 1.165) is 16.3 Å². The highest BCUT2D eigenvalue weighted by molar-refractivity contribution is 7.99. The average Bonchev–Trinajstić information content (AvgIpc) is 3.20. The zero-order chi connectivity index (χ0) is 18.2. The lowest BCUT2D eigenvalue weighted by molar-refractivity contribution is -0.122. The van der Waals surface area contributed by atoms with Crippen molar-refractivity contribution in [2.45, 2.75) is 4.90 Å². The van der Waals surface area contributed by atoms with Gasteiger partial charge in [-0.05, 0) is 46.8 Å². The first-order valence-electron chi connectivity index (χ1n) is 7.82. The van der Waals surface area contributed by atoms with Crippen LogP contribution in [0.5, 0.6) is 5.75 Å². The van der Waals surface area contributed by atoms with E-state index in [1.54, 1.807) is 23.9 Å². The molecule has 2 aromatic carbocycles. The molecule has 134 valence electrons. The van der Waals surface area contributed by atoms with Crippen LogP contribution in [-0.2, 0) is 4.79 Å². The summed E-state index contributed by atoms with van der Waals surface area (Å²) in [5, 5.41) is 14.5. The van der Waals surface area contributed by atoms with E-state index in [0.29, 0.717) is 17.3 Å². The normalized spacial score (nSPS) is 10.5. The SMILES string of the molecule is O=C(COc1cccc(-n2cnnn2)c1)NCCSc1ccc(Cl)cc1. The molecule has 0 saturated heterocycles. The zero-order valence-corrected chi connectivity index (χ0v) is 15.3. The molecule has 0 saturated carbocycles. The molecule has 1 aromatic heterocycles. The van der Waals surface area contributed by atoms with E-state index in [2.05, 4.69) is 20.8 Å². The molecule has 0 unspecified atom stereocenters. The van der Waals surface area contributed by atoms with Crippen molar-refractivity contribution in [1.82, 2.24) is 25.5 Å². The summed E-state index contributed by atoms with van der Waals surface area (Å²) in [7, 11) is 0. The Bertz CT molecular complexity index is 843. The summed E-state index contributed by atoms with van der Waals surface area (Å²) in [4.78, 5) is 13.0. The van der Waals surface area contributed by atoms with Gasteiger partial charge in [0, 0.05) is 28.3 Å². The minimum atomic E-state index is -0.172. The minimum Gasteiger partial charge on any atom is -0.484 e. The van der Waals surface area contributed by atoms with Crippen LogP contribution in [0.3, 0.4) is 0 Å². The van der Waals surface area contributed by atoms with E-state index in [-0.39, 0.29) is 12.5 Å². The zero-order valence-electron chi connectivity index (χ0n) is 13.7. The largest absolute Gasteiger partial charge is 0.484 e. The molecule has 0 aliphatic carbocycles. The van der Waals surface area contributed by atoms with Crippen molar-refractivity contribution in [3.8, 4) is 11.4 Å². The van der Waals surface area contributed by atoms with Gasteiger partial charge in [-0.1, -0.05) is 17.7 Å². The van der Waals surface area contributed by atoms with Crippen molar-refractivity contribution in [1.29, 1.82) is 0 Å². The van der Waals surface area contributed by atoms with Gasteiger partial charge in [0.2, 0.25) is 0 Å². The molecule has 7 nitrogen and oxygen atoms in total. The average molecular weight is 390 g/mol. The highest BCUT2D eigenvalue weighted by Gasteiger charge is 2.05. The Kier molecular flexibility index (Phi) is 6.45. The monoisotopic (exact) mass is 389 g/mol. The molecule has 9 heteroatoms. The highest BCUT2D eigenvalue weighted by Crippen LogP contribution is 2.19. The van der Waals surface area contributed by atoms with Crippen molar-refractivity contribution in [3.05, 3.63) is 59.9 Å². The Balaban J connectivity index is 1.39. The smallest absolute Gasteiger partial charge is 0.257 e. The molecule has 0 aliphatic heterocycles. The summed E-state index contributed by atoms with van der Waals surface area (Å²) < 4.78 is 7.03. The third-order valence-electron chi connectivity index (χ3n) is 3.31. The maximum absolute atomic E-state index is 11.9. The van der Waals surface area contributed by atoms with E-state index < -0.39 is 0 Å². The number of rotatable bonds is 8. The van der Waals surface area contributed by atoms with E-state index in [1.165, 1.54) is 11.0 Å². The van der Waals surface area contributed by atoms with Gasteiger partial charge in [0.25, 0.3) is 5.91 Å². The molecule has 0 fully saturated rings. The molecule has 0 atom stereocenters. The van der Waals surface area contributed by atoms with Crippen LogP contribution in [0.2, 0.25) is 5.02 Å². The lowest BCUT2D eigenvalue weighted by Crippen LogP contribution is -2.30. The fourth-order valence-electron chi connectivity index (χ4n) is 2.09. The lowest BCUT2D eigenvalue weighted by Gasteiger charge is -2.08. The molecule has 0 aliphatic rings. The van der Waals surface area contributed by atoms with E-state index in [9.17, 15) is 4.79 Å².